The van der Waals surface area contributed by atoms with Crippen molar-refractivity contribution in [3.8, 4) is 0 Å². The molecule has 2 heteroatoms. The molecule has 0 aromatic heterocycles. The molecule has 1 atom stereocenters. The maximum Gasteiger partial charge on any atom is 0.335 e. The maximum atomic E-state index is 10.6. The summed E-state index contributed by atoms with van der Waals surface area (Å²) in [5.74, 6) is -0.381. The van der Waals surface area contributed by atoms with Gasteiger partial charge < -0.3 is 5.11 Å². The fraction of sp³-hybridized carbons (Fsp3) is 0.100. The summed E-state index contributed by atoms with van der Waals surface area (Å²) in [7, 11) is 0. The van der Waals surface area contributed by atoms with E-state index in [0.717, 1.165) is 5.57 Å². The number of carboxylic acid groups (broad SMARTS) is 1. The van der Waals surface area contributed by atoms with Gasteiger partial charge in [-0.05, 0) is 28.9 Å². The van der Waals surface area contributed by atoms with Crippen molar-refractivity contribution in [2.24, 2.45) is 5.92 Å². The minimum atomic E-state index is -0.833. The Morgan fingerprint density at radius 1 is 1.33 bits per heavy atom. The van der Waals surface area contributed by atoms with Crippen molar-refractivity contribution < 1.29 is 9.90 Å². The van der Waals surface area contributed by atoms with Gasteiger partial charge in [-0.3, -0.25) is 0 Å². The summed E-state index contributed by atoms with van der Waals surface area (Å²) in [6, 6.07) is 0. The molecule has 0 aromatic rings. The van der Waals surface area contributed by atoms with E-state index in [9.17, 15) is 4.79 Å². The molecular weight excluding hydrogens is 152 g/mol. The third kappa shape index (κ3) is 0.576. The smallest absolute Gasteiger partial charge is 0.335 e. The van der Waals surface area contributed by atoms with Gasteiger partial charge in [0.15, 0.2) is 0 Å². The molecule has 58 valence electrons. The molecule has 3 aliphatic rings. The predicted molar refractivity (Wildman–Crippen MR) is 43.5 cm³/mol. The van der Waals surface area contributed by atoms with Gasteiger partial charge in [-0.25, -0.2) is 4.79 Å². The van der Waals surface area contributed by atoms with Crippen LogP contribution in [0, 0.1) is 5.92 Å². The van der Waals surface area contributed by atoms with E-state index >= 15 is 0 Å². The molecule has 12 heavy (non-hydrogen) atoms. The van der Waals surface area contributed by atoms with Crippen molar-refractivity contribution in [2.75, 3.05) is 0 Å². The largest absolute Gasteiger partial charge is 0.478 e. The molecule has 0 fully saturated rings. The van der Waals surface area contributed by atoms with Crippen LogP contribution < -0.4 is 0 Å². The van der Waals surface area contributed by atoms with Crippen molar-refractivity contribution in [1.29, 1.82) is 0 Å². The summed E-state index contributed by atoms with van der Waals surface area (Å²) >= 11 is 0. The van der Waals surface area contributed by atoms with Crippen LogP contribution in [0.4, 0.5) is 0 Å². The van der Waals surface area contributed by atoms with Crippen LogP contribution in [-0.4, -0.2) is 11.1 Å². The Morgan fingerprint density at radius 3 is 2.83 bits per heavy atom. The lowest BCUT2D eigenvalue weighted by Gasteiger charge is -1.93. The number of hydrogen-bond acceptors (Lipinski definition) is 1. The van der Waals surface area contributed by atoms with Crippen molar-refractivity contribution in [3.05, 3.63) is 46.6 Å². The second-order valence-corrected chi connectivity index (χ2v) is 3.25. The van der Waals surface area contributed by atoms with Crippen LogP contribution in [0.25, 0.3) is 0 Å². The molecule has 0 saturated heterocycles. The monoisotopic (exact) mass is 158 g/mol. The lowest BCUT2D eigenvalue weighted by atomic mass is 10.1. The molecule has 0 spiro atoms. The first kappa shape index (κ1) is 6.00. The van der Waals surface area contributed by atoms with E-state index in [1.165, 1.54) is 11.1 Å². The lowest BCUT2D eigenvalue weighted by molar-refractivity contribution is -0.132. The van der Waals surface area contributed by atoms with Crippen LogP contribution in [0.1, 0.15) is 0 Å². The third-order valence-electron chi connectivity index (χ3n) is 2.47. The summed E-state index contributed by atoms with van der Waals surface area (Å²) < 4.78 is 0. The van der Waals surface area contributed by atoms with Gasteiger partial charge in [0.25, 0.3) is 0 Å². The van der Waals surface area contributed by atoms with E-state index in [4.69, 9.17) is 5.11 Å². The summed E-state index contributed by atoms with van der Waals surface area (Å²) in [6.45, 7) is 0. The number of rotatable bonds is 1. The highest BCUT2D eigenvalue weighted by atomic mass is 16.4. The zero-order valence-corrected chi connectivity index (χ0v) is 6.24. The van der Waals surface area contributed by atoms with Gasteiger partial charge in [-0.2, -0.15) is 0 Å². The fourth-order valence-electron chi connectivity index (χ4n) is 1.79. The quantitative estimate of drug-likeness (QED) is 0.626. The molecule has 1 unspecified atom stereocenters. The molecule has 0 heterocycles. The van der Waals surface area contributed by atoms with Crippen molar-refractivity contribution >= 4 is 5.97 Å². The number of allylic oxidation sites excluding steroid dienone is 6. The minimum absolute atomic E-state index is 0.413. The van der Waals surface area contributed by atoms with Crippen molar-refractivity contribution in [2.45, 2.75) is 0 Å². The number of aliphatic carboxylic acids is 1. The Hall–Kier alpha value is -1.57. The van der Waals surface area contributed by atoms with Gasteiger partial charge in [0.1, 0.15) is 0 Å². The fourth-order valence-corrected chi connectivity index (χ4v) is 1.79. The summed E-state index contributed by atoms with van der Waals surface area (Å²) in [5, 5.41) is 8.71. The van der Waals surface area contributed by atoms with E-state index in [1.54, 1.807) is 12.2 Å². The standard InChI is InChI=1S/C10H6O2/c11-10(12)7-2-5-1-6-3-8(6)9(5)4-7/h1-4,8H,(H,11,12). The highest BCUT2D eigenvalue weighted by molar-refractivity contribution is 5.94. The Balaban J connectivity index is 2.08. The SMILES string of the molecule is O=C(O)C1=CC2=CC3=CC3C2=C1. The lowest BCUT2D eigenvalue weighted by Crippen LogP contribution is -1.95. The second-order valence-electron chi connectivity index (χ2n) is 3.25. The van der Waals surface area contributed by atoms with Crippen molar-refractivity contribution in [1.82, 2.24) is 0 Å². The normalized spacial score (nSPS) is 28.2. The number of fused-ring (bicyclic) bond motifs is 3. The van der Waals surface area contributed by atoms with E-state index in [1.807, 2.05) is 0 Å². The Bertz CT molecular complexity index is 419. The molecule has 0 aliphatic heterocycles. The van der Waals surface area contributed by atoms with Crippen molar-refractivity contribution in [3.63, 3.8) is 0 Å². The van der Waals surface area contributed by atoms with E-state index in [-0.39, 0.29) is 0 Å². The van der Waals surface area contributed by atoms with Crippen LogP contribution in [0.15, 0.2) is 46.6 Å². The summed E-state index contributed by atoms with van der Waals surface area (Å²) in [6.07, 6.45) is 7.72. The first-order chi connectivity index (χ1) is 5.75. The number of hydrogen-bond donors (Lipinski definition) is 1. The molecule has 0 amide bonds. The van der Waals surface area contributed by atoms with Crippen LogP contribution in [-0.2, 0) is 4.79 Å². The van der Waals surface area contributed by atoms with Crippen LogP contribution in [0.5, 0.6) is 0 Å². The summed E-state index contributed by atoms with van der Waals surface area (Å²) in [5.41, 5.74) is 4.02. The Labute approximate surface area is 69.2 Å². The third-order valence-corrected chi connectivity index (χ3v) is 2.47. The molecular formula is C10H6O2. The van der Waals surface area contributed by atoms with Gasteiger partial charge >= 0.3 is 5.97 Å². The van der Waals surface area contributed by atoms with Gasteiger partial charge in [-0.1, -0.05) is 12.2 Å². The van der Waals surface area contributed by atoms with Crippen LogP contribution >= 0.6 is 0 Å². The molecule has 0 bridgehead atoms. The average molecular weight is 158 g/mol. The maximum absolute atomic E-state index is 10.6. The van der Waals surface area contributed by atoms with Crippen LogP contribution in [0.2, 0.25) is 0 Å². The molecule has 3 aliphatic carbocycles. The topological polar surface area (TPSA) is 37.3 Å². The van der Waals surface area contributed by atoms with Crippen LogP contribution in [0.3, 0.4) is 0 Å². The predicted octanol–water partition coefficient (Wildman–Crippen LogP) is 1.43. The molecule has 2 nitrogen and oxygen atoms in total. The average Bonchev–Trinajstić information content (AvgIpc) is 2.54. The number of carboxylic acids is 1. The van der Waals surface area contributed by atoms with Gasteiger partial charge in [0.2, 0.25) is 0 Å². The van der Waals surface area contributed by atoms with Gasteiger partial charge in [-0.15, -0.1) is 0 Å². The molecule has 3 rings (SSSR count). The zero-order chi connectivity index (χ0) is 8.29. The molecule has 0 aromatic carbocycles. The second kappa shape index (κ2) is 1.61. The molecule has 0 radical (unpaired) electrons. The zero-order valence-electron chi connectivity index (χ0n) is 6.24. The first-order valence-corrected chi connectivity index (χ1v) is 3.86. The highest BCUT2D eigenvalue weighted by Crippen LogP contribution is 2.50. The van der Waals surface area contributed by atoms with E-state index in [0.29, 0.717) is 11.5 Å². The van der Waals surface area contributed by atoms with E-state index in [2.05, 4.69) is 12.2 Å². The first-order valence-electron chi connectivity index (χ1n) is 3.86. The summed E-state index contributed by atoms with van der Waals surface area (Å²) in [4.78, 5) is 10.6. The van der Waals surface area contributed by atoms with Gasteiger partial charge in [0, 0.05) is 5.92 Å². The molecule has 0 saturated carbocycles. The minimum Gasteiger partial charge on any atom is -0.478 e. The Kier molecular flexibility index (Phi) is 0.803. The van der Waals surface area contributed by atoms with Gasteiger partial charge in [0.05, 0.1) is 5.57 Å². The number of carbonyl (C=O) groups is 1. The Morgan fingerprint density at radius 2 is 2.17 bits per heavy atom. The van der Waals surface area contributed by atoms with E-state index < -0.39 is 5.97 Å². The molecule has 1 N–H and O–H groups in total. The highest BCUT2D eigenvalue weighted by Gasteiger charge is 2.37.